The van der Waals surface area contributed by atoms with Crippen molar-refractivity contribution in [3.05, 3.63) is 88.4 Å². The Hall–Kier alpha value is -2.30. The monoisotopic (exact) mass is 374 g/mol. The Kier molecular flexibility index (Phi) is 5.74. The molecule has 0 spiro atoms. The molecule has 0 fully saturated rings. The Balaban J connectivity index is 1.77. The average molecular weight is 375 g/mol. The number of benzene rings is 2. The summed E-state index contributed by atoms with van der Waals surface area (Å²) in [7, 11) is 0. The highest BCUT2D eigenvalue weighted by Crippen LogP contribution is 2.27. The second kappa shape index (κ2) is 8.19. The first-order valence-electron chi connectivity index (χ1n) is 7.80. The van der Waals surface area contributed by atoms with Crippen molar-refractivity contribution in [3.8, 4) is 0 Å². The third kappa shape index (κ3) is 4.62. The molecule has 1 atom stereocenters. The summed E-state index contributed by atoms with van der Waals surface area (Å²) in [4.78, 5) is 16.6. The van der Waals surface area contributed by atoms with Crippen molar-refractivity contribution in [1.82, 2.24) is 9.55 Å². The lowest BCUT2D eigenvalue weighted by atomic mass is 10.1. The predicted octanol–water partition coefficient (Wildman–Crippen LogP) is 5.18. The minimum absolute atomic E-state index is 0.277. The smallest absolute Gasteiger partial charge is 0.340 e. The molecule has 25 heavy (non-hydrogen) atoms. The summed E-state index contributed by atoms with van der Waals surface area (Å²) in [6.07, 6.45) is 5.57. The number of aromatic nitrogens is 2. The fourth-order valence-corrected chi connectivity index (χ4v) is 2.98. The maximum absolute atomic E-state index is 12.6. The highest BCUT2D eigenvalue weighted by molar-refractivity contribution is 6.36. The van der Waals surface area contributed by atoms with E-state index in [4.69, 9.17) is 27.9 Å². The van der Waals surface area contributed by atoms with Gasteiger partial charge in [-0.25, -0.2) is 9.78 Å². The number of imidazole rings is 1. The highest BCUT2D eigenvalue weighted by Gasteiger charge is 2.20. The van der Waals surface area contributed by atoms with Crippen LogP contribution in [0.15, 0.2) is 67.3 Å². The molecule has 0 amide bonds. The lowest BCUT2D eigenvalue weighted by molar-refractivity contribution is 0.0267. The third-order valence-electron chi connectivity index (χ3n) is 3.78. The fraction of sp³-hybridized carbons (Fsp3) is 0.158. The summed E-state index contributed by atoms with van der Waals surface area (Å²) in [6.45, 7) is 0.682. The minimum Gasteiger partial charge on any atom is -0.454 e. The van der Waals surface area contributed by atoms with E-state index in [0.717, 1.165) is 5.56 Å². The molecule has 0 saturated carbocycles. The molecule has 1 aromatic heterocycles. The first-order valence-corrected chi connectivity index (χ1v) is 8.56. The Bertz CT molecular complexity index is 836. The van der Waals surface area contributed by atoms with Crippen molar-refractivity contribution in [2.75, 3.05) is 0 Å². The minimum atomic E-state index is -0.471. The SMILES string of the molecule is O=C(OC(CCn1ccnc1)c1ccccc1)c1ccc(Cl)cc1Cl. The first-order chi connectivity index (χ1) is 12.1. The van der Waals surface area contributed by atoms with Crippen molar-refractivity contribution in [1.29, 1.82) is 0 Å². The quantitative estimate of drug-likeness (QED) is 0.558. The van der Waals surface area contributed by atoms with Crippen LogP contribution in [0.1, 0.15) is 28.4 Å². The summed E-state index contributed by atoms with van der Waals surface area (Å²) in [5, 5.41) is 0.750. The van der Waals surface area contributed by atoms with Crippen molar-refractivity contribution in [3.63, 3.8) is 0 Å². The van der Waals surface area contributed by atoms with Crippen LogP contribution in [-0.4, -0.2) is 15.5 Å². The zero-order valence-corrected chi connectivity index (χ0v) is 14.8. The van der Waals surface area contributed by atoms with Crippen molar-refractivity contribution < 1.29 is 9.53 Å². The summed E-state index contributed by atoms with van der Waals surface area (Å²) in [5.74, 6) is -0.471. The summed E-state index contributed by atoms with van der Waals surface area (Å²) < 4.78 is 7.68. The van der Waals surface area contributed by atoms with Gasteiger partial charge in [-0.05, 0) is 23.8 Å². The van der Waals surface area contributed by atoms with Gasteiger partial charge in [-0.15, -0.1) is 0 Å². The summed E-state index contributed by atoms with van der Waals surface area (Å²) >= 11 is 12.0. The number of carbonyl (C=O) groups is 1. The van der Waals surface area contributed by atoms with Crippen molar-refractivity contribution in [2.24, 2.45) is 0 Å². The summed E-state index contributed by atoms with van der Waals surface area (Å²) in [6, 6.07) is 14.4. The van der Waals surface area contributed by atoms with Gasteiger partial charge in [0.2, 0.25) is 0 Å². The molecule has 2 aromatic carbocycles. The van der Waals surface area contributed by atoms with E-state index in [-0.39, 0.29) is 11.1 Å². The highest BCUT2D eigenvalue weighted by atomic mass is 35.5. The second-order valence-corrected chi connectivity index (χ2v) is 6.36. The number of ether oxygens (including phenoxy) is 1. The van der Waals surface area contributed by atoms with Crippen molar-refractivity contribution >= 4 is 29.2 Å². The first kappa shape index (κ1) is 17.5. The van der Waals surface area contributed by atoms with E-state index in [1.54, 1.807) is 24.7 Å². The molecule has 0 aliphatic carbocycles. The molecule has 0 radical (unpaired) electrons. The molecule has 0 saturated heterocycles. The predicted molar refractivity (Wildman–Crippen MR) is 97.9 cm³/mol. The van der Waals surface area contributed by atoms with E-state index < -0.39 is 5.97 Å². The van der Waals surface area contributed by atoms with E-state index in [1.165, 1.54) is 6.07 Å². The topological polar surface area (TPSA) is 44.1 Å². The van der Waals surface area contributed by atoms with Crippen LogP contribution in [0, 0.1) is 0 Å². The number of rotatable bonds is 6. The maximum atomic E-state index is 12.6. The second-order valence-electron chi connectivity index (χ2n) is 5.52. The van der Waals surface area contributed by atoms with Gasteiger partial charge < -0.3 is 9.30 Å². The molecule has 6 heteroatoms. The van der Waals surface area contributed by atoms with E-state index >= 15 is 0 Å². The molecule has 128 valence electrons. The van der Waals surface area contributed by atoms with Crippen LogP contribution in [0.4, 0.5) is 0 Å². The lowest BCUT2D eigenvalue weighted by Gasteiger charge is -2.19. The zero-order chi connectivity index (χ0) is 17.6. The van der Waals surface area contributed by atoms with Gasteiger partial charge in [-0.3, -0.25) is 0 Å². The standard InChI is InChI=1S/C19H16Cl2N2O2/c20-15-6-7-16(17(21)12-15)19(24)25-18(14-4-2-1-3-5-14)8-10-23-11-9-22-13-23/h1-7,9,11-13,18H,8,10H2. The van der Waals surface area contributed by atoms with Gasteiger partial charge in [-0.2, -0.15) is 0 Å². The Labute approximate surface area is 156 Å². The molecule has 4 nitrogen and oxygen atoms in total. The normalized spacial score (nSPS) is 11.9. The summed E-state index contributed by atoms with van der Waals surface area (Å²) in [5.41, 5.74) is 1.23. The van der Waals surface area contributed by atoms with Gasteiger partial charge in [0, 0.05) is 30.4 Å². The number of esters is 1. The van der Waals surface area contributed by atoms with E-state index in [2.05, 4.69) is 4.98 Å². The lowest BCUT2D eigenvalue weighted by Crippen LogP contribution is -2.14. The van der Waals surface area contributed by atoms with Crippen LogP contribution in [0.2, 0.25) is 10.0 Å². The Morgan fingerprint density at radius 1 is 1.16 bits per heavy atom. The van der Waals surface area contributed by atoms with Crippen LogP contribution in [0.5, 0.6) is 0 Å². The van der Waals surface area contributed by atoms with Crippen LogP contribution in [-0.2, 0) is 11.3 Å². The molecule has 3 aromatic rings. The molecule has 1 unspecified atom stereocenters. The van der Waals surface area contributed by atoms with E-state index in [9.17, 15) is 4.79 Å². The Morgan fingerprint density at radius 3 is 2.64 bits per heavy atom. The number of nitrogens with zero attached hydrogens (tertiary/aromatic N) is 2. The van der Waals surface area contributed by atoms with Crippen LogP contribution in [0.25, 0.3) is 0 Å². The fourth-order valence-electron chi connectivity index (χ4n) is 2.49. The van der Waals surface area contributed by atoms with Crippen LogP contribution in [0.3, 0.4) is 0 Å². The van der Waals surface area contributed by atoms with Gasteiger partial charge in [-0.1, -0.05) is 53.5 Å². The van der Waals surface area contributed by atoms with E-state index in [1.807, 2.05) is 41.1 Å². The van der Waals surface area contributed by atoms with Gasteiger partial charge in [0.25, 0.3) is 0 Å². The number of aryl methyl sites for hydroxylation is 1. The van der Waals surface area contributed by atoms with Gasteiger partial charge in [0.1, 0.15) is 6.10 Å². The largest absolute Gasteiger partial charge is 0.454 e. The molecule has 1 heterocycles. The molecule has 0 N–H and O–H groups in total. The van der Waals surface area contributed by atoms with Crippen LogP contribution >= 0.6 is 23.2 Å². The number of hydrogen-bond acceptors (Lipinski definition) is 3. The molecular weight excluding hydrogens is 359 g/mol. The Morgan fingerprint density at radius 2 is 1.96 bits per heavy atom. The van der Waals surface area contributed by atoms with Crippen molar-refractivity contribution in [2.45, 2.75) is 19.1 Å². The van der Waals surface area contributed by atoms with E-state index in [0.29, 0.717) is 23.6 Å². The average Bonchev–Trinajstić information content (AvgIpc) is 3.12. The molecule has 0 bridgehead atoms. The van der Waals surface area contributed by atoms with Gasteiger partial charge >= 0.3 is 5.97 Å². The maximum Gasteiger partial charge on any atom is 0.340 e. The number of halogens is 2. The molecular formula is C19H16Cl2N2O2. The third-order valence-corrected chi connectivity index (χ3v) is 4.33. The van der Waals surface area contributed by atoms with Crippen LogP contribution < -0.4 is 0 Å². The van der Waals surface area contributed by atoms with Gasteiger partial charge in [0.15, 0.2) is 0 Å². The van der Waals surface area contributed by atoms with Gasteiger partial charge in [0.05, 0.1) is 16.9 Å². The molecule has 0 aliphatic heterocycles. The number of carbonyl (C=O) groups excluding carboxylic acids is 1. The molecule has 3 rings (SSSR count). The zero-order valence-electron chi connectivity index (χ0n) is 13.3. The molecule has 0 aliphatic rings. The number of hydrogen-bond donors (Lipinski definition) is 0.